The first-order valence-corrected chi connectivity index (χ1v) is 9.23. The van der Waals surface area contributed by atoms with E-state index in [0.717, 1.165) is 22.5 Å². The second-order valence-electron chi connectivity index (χ2n) is 5.91. The average Bonchev–Trinajstić information content (AvgIpc) is 3.21. The molecule has 1 aliphatic rings. The smallest absolute Gasteiger partial charge is 0.320 e. The number of benzene rings is 1. The summed E-state index contributed by atoms with van der Waals surface area (Å²) in [5.74, 6) is 1.16. The number of urea groups is 1. The molecule has 1 aromatic heterocycles. The van der Waals surface area contributed by atoms with Gasteiger partial charge in [-0.1, -0.05) is 15.9 Å². The molecule has 0 spiro atoms. The minimum absolute atomic E-state index is 0.163. The fourth-order valence-corrected chi connectivity index (χ4v) is 3.31. The van der Waals surface area contributed by atoms with Gasteiger partial charge in [-0.15, -0.1) is 0 Å². The molecule has 144 valence electrons. The number of fused-ring (bicyclic) bond motifs is 1. The molecule has 0 aliphatic carbocycles. The molecule has 3 rings (SSSR count). The molecule has 1 aliphatic heterocycles. The van der Waals surface area contributed by atoms with Crippen LogP contribution >= 0.6 is 15.9 Å². The molecule has 0 saturated carbocycles. The van der Waals surface area contributed by atoms with Crippen LogP contribution in [0.1, 0.15) is 10.4 Å². The first-order chi connectivity index (χ1) is 13.0. The third-order valence-corrected chi connectivity index (χ3v) is 4.55. The normalized spacial score (nSPS) is 12.6. The van der Waals surface area contributed by atoms with Gasteiger partial charge in [-0.25, -0.2) is 9.48 Å². The van der Waals surface area contributed by atoms with Crippen molar-refractivity contribution < 1.29 is 14.3 Å². The maximum atomic E-state index is 12.4. The monoisotopic (exact) mass is 436 g/mol. The molecule has 27 heavy (non-hydrogen) atoms. The Kier molecular flexibility index (Phi) is 5.97. The SMILES string of the molecule is CNC(=O)Nc1cc2n(n1)CCN2c1cc(Br)cc(C(=O)NCCOC)c1. The average molecular weight is 437 g/mol. The summed E-state index contributed by atoms with van der Waals surface area (Å²) in [6, 6.07) is 7.04. The molecule has 10 heteroatoms. The van der Waals surface area contributed by atoms with Crippen molar-refractivity contribution in [3.05, 3.63) is 34.3 Å². The van der Waals surface area contributed by atoms with Gasteiger partial charge in [-0.05, 0) is 18.2 Å². The lowest BCUT2D eigenvalue weighted by Gasteiger charge is -2.18. The first kappa shape index (κ1) is 19.2. The summed E-state index contributed by atoms with van der Waals surface area (Å²) in [5.41, 5.74) is 1.42. The predicted octanol–water partition coefficient (Wildman–Crippen LogP) is 1.92. The lowest BCUT2D eigenvalue weighted by Crippen LogP contribution is -2.27. The summed E-state index contributed by atoms with van der Waals surface area (Å²) in [6.07, 6.45) is 0. The number of aromatic nitrogens is 2. The zero-order valence-corrected chi connectivity index (χ0v) is 16.7. The highest BCUT2D eigenvalue weighted by Crippen LogP contribution is 2.34. The number of halogens is 1. The Morgan fingerprint density at radius 1 is 1.26 bits per heavy atom. The van der Waals surface area contributed by atoms with Crippen LogP contribution in [0, 0.1) is 0 Å². The van der Waals surface area contributed by atoms with Gasteiger partial charge in [-0.3, -0.25) is 10.1 Å². The van der Waals surface area contributed by atoms with Gasteiger partial charge in [0.25, 0.3) is 5.91 Å². The molecule has 2 aromatic rings. The van der Waals surface area contributed by atoms with Crippen LogP contribution in [-0.4, -0.2) is 55.6 Å². The number of amides is 3. The Morgan fingerprint density at radius 2 is 2.07 bits per heavy atom. The molecule has 3 N–H and O–H groups in total. The van der Waals surface area contributed by atoms with Crippen molar-refractivity contribution in [2.24, 2.45) is 0 Å². The van der Waals surface area contributed by atoms with Crippen LogP contribution < -0.4 is 20.9 Å². The van der Waals surface area contributed by atoms with Crippen molar-refractivity contribution >= 4 is 45.2 Å². The number of hydrogen-bond acceptors (Lipinski definition) is 5. The fourth-order valence-electron chi connectivity index (χ4n) is 2.83. The number of carbonyl (C=O) groups excluding carboxylic acids is 2. The van der Waals surface area contributed by atoms with Gasteiger partial charge < -0.3 is 20.3 Å². The number of rotatable bonds is 6. The number of nitrogens with zero attached hydrogens (tertiary/aromatic N) is 3. The largest absolute Gasteiger partial charge is 0.383 e. The van der Waals surface area contributed by atoms with Gasteiger partial charge in [0, 0.05) is 49.0 Å². The number of nitrogens with one attached hydrogen (secondary N) is 3. The van der Waals surface area contributed by atoms with E-state index < -0.39 is 0 Å². The van der Waals surface area contributed by atoms with E-state index in [1.54, 1.807) is 20.2 Å². The van der Waals surface area contributed by atoms with Crippen LogP contribution in [0.5, 0.6) is 0 Å². The van der Waals surface area contributed by atoms with Gasteiger partial charge in [0.15, 0.2) is 5.82 Å². The van der Waals surface area contributed by atoms with Gasteiger partial charge in [0.2, 0.25) is 0 Å². The molecule has 0 unspecified atom stereocenters. The van der Waals surface area contributed by atoms with E-state index in [1.165, 1.54) is 0 Å². The molecular weight excluding hydrogens is 416 g/mol. The van der Waals surface area contributed by atoms with Gasteiger partial charge in [-0.2, -0.15) is 5.10 Å². The Labute approximate surface area is 165 Å². The number of anilines is 3. The van der Waals surface area contributed by atoms with Gasteiger partial charge >= 0.3 is 6.03 Å². The molecule has 0 fully saturated rings. The van der Waals surface area contributed by atoms with Crippen molar-refractivity contribution in [3.8, 4) is 0 Å². The summed E-state index contributed by atoms with van der Waals surface area (Å²) in [6.45, 7) is 2.32. The number of ether oxygens (including phenoxy) is 1. The van der Waals surface area contributed by atoms with E-state index in [9.17, 15) is 9.59 Å². The van der Waals surface area contributed by atoms with Crippen molar-refractivity contribution in [1.82, 2.24) is 20.4 Å². The predicted molar refractivity (Wildman–Crippen MR) is 106 cm³/mol. The van der Waals surface area contributed by atoms with E-state index in [0.29, 0.717) is 31.1 Å². The minimum atomic E-state index is -0.323. The highest BCUT2D eigenvalue weighted by molar-refractivity contribution is 9.10. The summed E-state index contributed by atoms with van der Waals surface area (Å²) < 4.78 is 7.59. The molecule has 0 saturated heterocycles. The second kappa shape index (κ2) is 8.40. The van der Waals surface area contributed by atoms with Gasteiger partial charge in [0.05, 0.1) is 13.2 Å². The molecule has 0 radical (unpaired) electrons. The fraction of sp³-hybridized carbons (Fsp3) is 0.353. The zero-order valence-electron chi connectivity index (χ0n) is 15.1. The van der Waals surface area contributed by atoms with Crippen molar-refractivity contribution in [2.75, 3.05) is 44.1 Å². The molecule has 2 heterocycles. The summed E-state index contributed by atoms with van der Waals surface area (Å²) in [5, 5.41) is 12.4. The third kappa shape index (κ3) is 4.40. The van der Waals surface area contributed by atoms with E-state index >= 15 is 0 Å². The number of hydrogen-bond donors (Lipinski definition) is 3. The zero-order chi connectivity index (χ0) is 19.4. The topological polar surface area (TPSA) is 101 Å². The maximum Gasteiger partial charge on any atom is 0.320 e. The number of methoxy groups -OCH3 is 1. The van der Waals surface area contributed by atoms with Crippen LogP contribution in [-0.2, 0) is 11.3 Å². The van der Waals surface area contributed by atoms with Crippen LogP contribution in [0.2, 0.25) is 0 Å². The van der Waals surface area contributed by atoms with E-state index in [-0.39, 0.29) is 11.9 Å². The molecular formula is C17H21BrN6O3. The third-order valence-electron chi connectivity index (χ3n) is 4.09. The van der Waals surface area contributed by atoms with Crippen molar-refractivity contribution in [3.63, 3.8) is 0 Å². The van der Waals surface area contributed by atoms with Crippen LogP contribution in [0.25, 0.3) is 0 Å². The Balaban J connectivity index is 1.82. The Bertz CT molecular complexity index is 853. The lowest BCUT2D eigenvalue weighted by molar-refractivity contribution is 0.0937. The quantitative estimate of drug-likeness (QED) is 0.600. The molecule has 3 amide bonds. The van der Waals surface area contributed by atoms with Crippen LogP contribution in [0.15, 0.2) is 28.7 Å². The molecule has 1 aromatic carbocycles. The van der Waals surface area contributed by atoms with Crippen LogP contribution in [0.4, 0.5) is 22.1 Å². The molecule has 0 bridgehead atoms. The molecule has 0 atom stereocenters. The molecule has 9 nitrogen and oxygen atoms in total. The van der Waals surface area contributed by atoms with Crippen molar-refractivity contribution in [2.45, 2.75) is 6.54 Å². The summed E-state index contributed by atoms with van der Waals surface area (Å²) in [7, 11) is 3.14. The summed E-state index contributed by atoms with van der Waals surface area (Å²) >= 11 is 3.48. The van der Waals surface area contributed by atoms with E-state index in [4.69, 9.17) is 4.74 Å². The Morgan fingerprint density at radius 3 is 2.81 bits per heavy atom. The highest BCUT2D eigenvalue weighted by atomic mass is 79.9. The van der Waals surface area contributed by atoms with Crippen LogP contribution in [0.3, 0.4) is 0 Å². The first-order valence-electron chi connectivity index (χ1n) is 8.43. The lowest BCUT2D eigenvalue weighted by atomic mass is 10.1. The standard InChI is InChI=1S/C17H21BrN6O3/c1-19-17(26)21-14-10-15-23(4-5-24(15)22-14)13-8-11(7-12(18)9-13)16(25)20-3-6-27-2/h7-10H,3-6H2,1-2H3,(H,20,25)(H2,19,21,22,26). The number of carbonyl (C=O) groups is 2. The van der Waals surface area contributed by atoms with E-state index in [1.807, 2.05) is 22.9 Å². The van der Waals surface area contributed by atoms with Crippen molar-refractivity contribution in [1.29, 1.82) is 0 Å². The minimum Gasteiger partial charge on any atom is -0.383 e. The highest BCUT2D eigenvalue weighted by Gasteiger charge is 2.24. The second-order valence-corrected chi connectivity index (χ2v) is 6.83. The Hall–Kier alpha value is -2.59. The van der Waals surface area contributed by atoms with E-state index in [2.05, 4.69) is 41.9 Å². The van der Waals surface area contributed by atoms with Gasteiger partial charge in [0.1, 0.15) is 5.82 Å². The maximum absolute atomic E-state index is 12.4. The summed E-state index contributed by atoms with van der Waals surface area (Å²) in [4.78, 5) is 25.9.